The molecule has 1 N–H and O–H groups in total. The summed E-state index contributed by atoms with van der Waals surface area (Å²) in [7, 11) is 0. The van der Waals surface area contributed by atoms with Gasteiger partial charge in [0.05, 0.1) is 6.20 Å². The molecule has 0 spiro atoms. The van der Waals surface area contributed by atoms with Crippen molar-refractivity contribution in [3.63, 3.8) is 0 Å². The molecule has 4 nitrogen and oxygen atoms in total. The second-order valence-electron chi connectivity index (χ2n) is 2.20. The van der Waals surface area contributed by atoms with Gasteiger partial charge in [-0.25, -0.2) is 4.98 Å². The van der Waals surface area contributed by atoms with E-state index >= 15 is 0 Å². The molecule has 0 atom stereocenters. The highest BCUT2D eigenvalue weighted by Crippen LogP contribution is 2.07. The van der Waals surface area contributed by atoms with E-state index in [0.717, 1.165) is 0 Å². The number of nitrogens with one attached hydrogen (secondary N) is 1. The van der Waals surface area contributed by atoms with Gasteiger partial charge < -0.3 is 0 Å². The second kappa shape index (κ2) is 6.77. The molecule has 1 rings (SSSR count). The molecule has 0 amide bonds. The molecule has 0 aliphatic carbocycles. The molecule has 0 aromatic carbocycles. The van der Waals surface area contributed by atoms with Gasteiger partial charge in [-0.2, -0.15) is 0 Å². The summed E-state index contributed by atoms with van der Waals surface area (Å²) in [5, 5.41) is 7.38. The molecule has 0 radical (unpaired) electrons. The maximum Gasteiger partial charge on any atom is 0.156 e. The SMILES string of the molecule is C=CN(C(C)=N)c1cnccn1.CC. The quantitative estimate of drug-likeness (QED) is 0.578. The Hall–Kier alpha value is -1.71. The molecular formula is C10H16N4. The number of aromatic nitrogens is 2. The highest BCUT2D eigenvalue weighted by Gasteiger charge is 2.04. The summed E-state index contributed by atoms with van der Waals surface area (Å²) >= 11 is 0. The van der Waals surface area contributed by atoms with Crippen LogP contribution in [0, 0.1) is 5.41 Å². The van der Waals surface area contributed by atoms with Crippen molar-refractivity contribution in [1.29, 1.82) is 5.41 Å². The van der Waals surface area contributed by atoms with Gasteiger partial charge in [0.25, 0.3) is 0 Å². The summed E-state index contributed by atoms with van der Waals surface area (Å²) in [5.74, 6) is 0.977. The van der Waals surface area contributed by atoms with Gasteiger partial charge in [0, 0.05) is 18.6 Å². The molecule has 0 unspecified atom stereocenters. The Balaban J connectivity index is 0.000000791. The first kappa shape index (κ1) is 12.3. The van der Waals surface area contributed by atoms with Gasteiger partial charge in [-0.05, 0) is 6.92 Å². The lowest BCUT2D eigenvalue weighted by Gasteiger charge is -2.15. The third-order valence-corrected chi connectivity index (χ3v) is 1.34. The van der Waals surface area contributed by atoms with Crippen LogP contribution < -0.4 is 4.90 Å². The van der Waals surface area contributed by atoms with Crippen molar-refractivity contribution in [1.82, 2.24) is 9.97 Å². The van der Waals surface area contributed by atoms with Crippen molar-refractivity contribution >= 4 is 11.7 Å². The van der Waals surface area contributed by atoms with Gasteiger partial charge in [0.2, 0.25) is 0 Å². The predicted molar refractivity (Wildman–Crippen MR) is 59.5 cm³/mol. The lowest BCUT2D eigenvalue weighted by Crippen LogP contribution is -2.21. The normalized spacial score (nSPS) is 8.21. The Morgan fingerprint density at radius 2 is 2.14 bits per heavy atom. The van der Waals surface area contributed by atoms with Gasteiger partial charge in [-0.1, -0.05) is 20.4 Å². The number of hydrogen-bond donors (Lipinski definition) is 1. The molecule has 0 fully saturated rings. The van der Waals surface area contributed by atoms with E-state index in [4.69, 9.17) is 5.41 Å². The van der Waals surface area contributed by atoms with Crippen LogP contribution in [-0.2, 0) is 0 Å². The molecule has 1 aromatic heterocycles. The zero-order valence-corrected chi connectivity index (χ0v) is 8.86. The molecule has 1 aromatic rings. The van der Waals surface area contributed by atoms with Crippen molar-refractivity contribution in [2.45, 2.75) is 20.8 Å². The summed E-state index contributed by atoms with van der Waals surface area (Å²) in [6.45, 7) is 9.24. The standard InChI is InChI=1S/C8H10N4.C2H6/c1-3-12(7(2)9)8-6-10-4-5-11-8;1-2/h3-6,9H,1H2,2H3;1-2H3. The molecule has 4 heteroatoms. The second-order valence-corrected chi connectivity index (χ2v) is 2.20. The van der Waals surface area contributed by atoms with Crippen LogP contribution in [-0.4, -0.2) is 15.8 Å². The van der Waals surface area contributed by atoms with Crippen molar-refractivity contribution in [3.05, 3.63) is 31.4 Å². The van der Waals surface area contributed by atoms with Gasteiger partial charge in [0.1, 0.15) is 5.84 Å². The Morgan fingerprint density at radius 1 is 1.50 bits per heavy atom. The first-order valence-corrected chi connectivity index (χ1v) is 4.48. The van der Waals surface area contributed by atoms with Crippen LogP contribution in [0.1, 0.15) is 20.8 Å². The third kappa shape index (κ3) is 3.35. The largest absolute Gasteiger partial charge is 0.290 e. The number of amidine groups is 1. The van der Waals surface area contributed by atoms with E-state index in [9.17, 15) is 0 Å². The monoisotopic (exact) mass is 192 g/mol. The Labute approximate surface area is 84.8 Å². The van der Waals surface area contributed by atoms with E-state index in [1.165, 1.54) is 6.20 Å². The van der Waals surface area contributed by atoms with Gasteiger partial charge in [0.15, 0.2) is 5.82 Å². The van der Waals surface area contributed by atoms with E-state index in [0.29, 0.717) is 11.7 Å². The maximum atomic E-state index is 7.38. The Morgan fingerprint density at radius 3 is 2.50 bits per heavy atom. The van der Waals surface area contributed by atoms with Crippen LogP contribution in [0.3, 0.4) is 0 Å². The summed E-state index contributed by atoms with van der Waals surface area (Å²) in [4.78, 5) is 9.46. The van der Waals surface area contributed by atoms with E-state index in [-0.39, 0.29) is 0 Å². The fourth-order valence-electron chi connectivity index (χ4n) is 0.818. The van der Waals surface area contributed by atoms with E-state index in [2.05, 4.69) is 16.5 Å². The van der Waals surface area contributed by atoms with Crippen LogP contribution >= 0.6 is 0 Å². The minimum atomic E-state index is 0.366. The number of nitrogens with zero attached hydrogens (tertiary/aromatic N) is 3. The topological polar surface area (TPSA) is 52.9 Å². The van der Waals surface area contributed by atoms with Crippen LogP contribution in [0.5, 0.6) is 0 Å². The average molecular weight is 192 g/mol. The number of hydrogen-bond acceptors (Lipinski definition) is 3. The van der Waals surface area contributed by atoms with E-state index in [1.807, 2.05) is 13.8 Å². The summed E-state index contributed by atoms with van der Waals surface area (Å²) < 4.78 is 0. The van der Waals surface area contributed by atoms with E-state index in [1.54, 1.807) is 30.4 Å². The summed E-state index contributed by atoms with van der Waals surface area (Å²) in [5.41, 5.74) is 0. The van der Waals surface area contributed by atoms with Crippen LogP contribution in [0.25, 0.3) is 0 Å². The highest BCUT2D eigenvalue weighted by molar-refractivity contribution is 5.94. The predicted octanol–water partition coefficient (Wildman–Crippen LogP) is 2.45. The summed E-state index contributed by atoms with van der Waals surface area (Å²) in [6.07, 6.45) is 6.28. The molecule has 76 valence electrons. The summed E-state index contributed by atoms with van der Waals surface area (Å²) in [6, 6.07) is 0. The van der Waals surface area contributed by atoms with Crippen LogP contribution in [0.4, 0.5) is 5.82 Å². The van der Waals surface area contributed by atoms with E-state index < -0.39 is 0 Å². The number of rotatable bonds is 2. The fourth-order valence-corrected chi connectivity index (χ4v) is 0.818. The molecular weight excluding hydrogens is 176 g/mol. The van der Waals surface area contributed by atoms with Crippen molar-refractivity contribution in [2.24, 2.45) is 0 Å². The van der Waals surface area contributed by atoms with Crippen LogP contribution in [0.2, 0.25) is 0 Å². The van der Waals surface area contributed by atoms with Gasteiger partial charge in [-0.15, -0.1) is 0 Å². The molecule has 0 saturated heterocycles. The molecule has 0 saturated carbocycles. The van der Waals surface area contributed by atoms with Crippen molar-refractivity contribution in [3.8, 4) is 0 Å². The zero-order chi connectivity index (χ0) is 11.0. The molecule has 0 bridgehead atoms. The first-order valence-electron chi connectivity index (χ1n) is 4.48. The lowest BCUT2D eigenvalue weighted by atomic mass is 10.5. The average Bonchev–Trinajstić information content (AvgIpc) is 2.23. The van der Waals surface area contributed by atoms with Crippen molar-refractivity contribution in [2.75, 3.05) is 4.90 Å². The van der Waals surface area contributed by atoms with Crippen LogP contribution in [0.15, 0.2) is 31.4 Å². The molecule has 1 heterocycles. The molecule has 0 aliphatic heterocycles. The molecule has 0 aliphatic rings. The third-order valence-electron chi connectivity index (χ3n) is 1.34. The zero-order valence-electron chi connectivity index (χ0n) is 8.86. The molecule has 14 heavy (non-hydrogen) atoms. The minimum Gasteiger partial charge on any atom is -0.290 e. The highest BCUT2D eigenvalue weighted by atomic mass is 15.2. The number of anilines is 1. The minimum absolute atomic E-state index is 0.366. The fraction of sp³-hybridized carbons (Fsp3) is 0.300. The smallest absolute Gasteiger partial charge is 0.156 e. The van der Waals surface area contributed by atoms with Gasteiger partial charge in [-0.3, -0.25) is 15.3 Å². The van der Waals surface area contributed by atoms with Crippen molar-refractivity contribution < 1.29 is 0 Å². The Bertz CT molecular complexity index is 281. The lowest BCUT2D eigenvalue weighted by molar-refractivity contribution is 1.13. The van der Waals surface area contributed by atoms with Gasteiger partial charge >= 0.3 is 0 Å². The first-order chi connectivity index (χ1) is 6.75. The Kier molecular flexibility index (Phi) is 5.94. The maximum absolute atomic E-state index is 7.38.